The van der Waals surface area contributed by atoms with Crippen molar-refractivity contribution in [3.05, 3.63) is 60.8 Å². The molecule has 5 N–H and O–H groups in total. The standard InChI is InChI=1S/C53H97NO5/c1-3-5-7-9-11-13-15-17-19-20-21-22-23-24-25-26-27-28-29-30-31-33-35-37-39-41-43-45-47-51(57)53(59)54-49(48-55)52(58)50(56)46-44-42-40-38-36-34-32-18-16-14-12-10-8-6-4-2/h10,12,18,21-22,24-25,32,38,40,49-52,55-58H,3-9,11,13-17,19-20,23,26-31,33-37,39,41-48H2,1-2H3,(H,54,59)/b12-10+,22-21-,25-24-,32-18+,40-38+. The molecule has 0 rings (SSSR count). The third-order valence-corrected chi connectivity index (χ3v) is 11.4. The second-order valence-corrected chi connectivity index (χ2v) is 17.1. The fraction of sp³-hybridized carbons (Fsp3) is 0.792. The van der Waals surface area contributed by atoms with E-state index in [9.17, 15) is 25.2 Å². The number of nitrogens with one attached hydrogen (secondary N) is 1. The van der Waals surface area contributed by atoms with Crippen LogP contribution in [0.25, 0.3) is 0 Å². The molecule has 0 aromatic carbocycles. The zero-order valence-corrected chi connectivity index (χ0v) is 38.7. The lowest BCUT2D eigenvalue weighted by Gasteiger charge is -2.27. The number of aliphatic hydroxyl groups excluding tert-OH is 4. The van der Waals surface area contributed by atoms with Crippen molar-refractivity contribution >= 4 is 5.91 Å². The Morgan fingerprint density at radius 3 is 1.22 bits per heavy atom. The third kappa shape index (κ3) is 41.2. The van der Waals surface area contributed by atoms with Crippen LogP contribution in [0, 0.1) is 0 Å². The van der Waals surface area contributed by atoms with Crippen molar-refractivity contribution in [2.24, 2.45) is 0 Å². The molecule has 0 saturated carbocycles. The summed E-state index contributed by atoms with van der Waals surface area (Å²) in [5.74, 6) is -0.602. The van der Waals surface area contributed by atoms with Gasteiger partial charge in [0.05, 0.1) is 18.8 Å². The van der Waals surface area contributed by atoms with Gasteiger partial charge in [0, 0.05) is 0 Å². The molecule has 0 radical (unpaired) electrons. The maximum atomic E-state index is 12.5. The van der Waals surface area contributed by atoms with E-state index >= 15 is 0 Å². The van der Waals surface area contributed by atoms with Gasteiger partial charge >= 0.3 is 0 Å². The van der Waals surface area contributed by atoms with Gasteiger partial charge in [0.15, 0.2) is 0 Å². The van der Waals surface area contributed by atoms with E-state index in [-0.39, 0.29) is 0 Å². The highest BCUT2D eigenvalue weighted by molar-refractivity contribution is 5.80. The van der Waals surface area contributed by atoms with Crippen molar-refractivity contribution in [2.45, 2.75) is 263 Å². The van der Waals surface area contributed by atoms with Gasteiger partial charge in [-0.3, -0.25) is 4.79 Å². The average Bonchev–Trinajstić information content (AvgIpc) is 3.24. The van der Waals surface area contributed by atoms with Crippen molar-refractivity contribution in [3.8, 4) is 0 Å². The topological polar surface area (TPSA) is 110 Å². The summed E-state index contributed by atoms with van der Waals surface area (Å²) in [5.41, 5.74) is 0. The lowest BCUT2D eigenvalue weighted by Crippen LogP contribution is -2.53. The van der Waals surface area contributed by atoms with Gasteiger partial charge in [-0.25, -0.2) is 0 Å². The van der Waals surface area contributed by atoms with Crippen LogP contribution in [-0.2, 0) is 4.79 Å². The number of carbonyl (C=O) groups excluding carboxylic acids is 1. The van der Waals surface area contributed by atoms with Crippen LogP contribution < -0.4 is 5.32 Å². The summed E-state index contributed by atoms with van der Waals surface area (Å²) in [4.78, 5) is 12.5. The zero-order chi connectivity index (χ0) is 43.1. The molecule has 0 spiro atoms. The lowest BCUT2D eigenvalue weighted by molar-refractivity contribution is -0.132. The Labute approximate surface area is 365 Å². The van der Waals surface area contributed by atoms with Crippen molar-refractivity contribution in [1.29, 1.82) is 0 Å². The zero-order valence-electron chi connectivity index (χ0n) is 38.7. The summed E-state index contributed by atoms with van der Waals surface area (Å²) in [5, 5.41) is 43.7. The number of carbonyl (C=O) groups is 1. The first kappa shape index (κ1) is 57.0. The quantitative estimate of drug-likeness (QED) is 0.0310. The largest absolute Gasteiger partial charge is 0.394 e. The van der Waals surface area contributed by atoms with Crippen LogP contribution in [0.2, 0.25) is 0 Å². The van der Waals surface area contributed by atoms with Gasteiger partial charge in [0.2, 0.25) is 5.91 Å². The minimum Gasteiger partial charge on any atom is -0.394 e. The summed E-state index contributed by atoms with van der Waals surface area (Å²) >= 11 is 0. The van der Waals surface area contributed by atoms with Crippen molar-refractivity contribution in [3.63, 3.8) is 0 Å². The molecule has 59 heavy (non-hydrogen) atoms. The van der Waals surface area contributed by atoms with Crippen molar-refractivity contribution < 1.29 is 25.2 Å². The van der Waals surface area contributed by atoms with Crippen LogP contribution in [0.5, 0.6) is 0 Å². The highest BCUT2D eigenvalue weighted by Gasteiger charge is 2.28. The number of amides is 1. The number of rotatable bonds is 45. The maximum Gasteiger partial charge on any atom is 0.249 e. The SMILES string of the molecule is CCCC/C=C/CC/C=C/CC/C=C/CCCC(O)C(O)C(CO)NC(=O)C(O)CCCCCCCCCCCCCC/C=C\C/C=C\CCCCCCCCCCC. The van der Waals surface area contributed by atoms with E-state index in [4.69, 9.17) is 0 Å². The minimum absolute atomic E-state index is 0.355. The second kappa shape index (κ2) is 47.1. The Morgan fingerprint density at radius 2 is 0.780 bits per heavy atom. The number of hydrogen-bond donors (Lipinski definition) is 5. The Kier molecular flexibility index (Phi) is 45.5. The third-order valence-electron chi connectivity index (χ3n) is 11.4. The van der Waals surface area contributed by atoms with Crippen LogP contribution in [0.4, 0.5) is 0 Å². The number of hydrogen-bond acceptors (Lipinski definition) is 5. The highest BCUT2D eigenvalue weighted by Crippen LogP contribution is 2.15. The Bertz CT molecular complexity index is 1020. The van der Waals surface area contributed by atoms with Crippen molar-refractivity contribution in [1.82, 2.24) is 5.32 Å². The summed E-state index contributed by atoms with van der Waals surface area (Å²) in [6.07, 6.45) is 59.8. The molecular weight excluding hydrogens is 731 g/mol. The van der Waals surface area contributed by atoms with Gasteiger partial charge < -0.3 is 25.7 Å². The minimum atomic E-state index is -1.30. The molecule has 4 unspecified atom stereocenters. The summed E-state index contributed by atoms with van der Waals surface area (Å²) in [6, 6.07) is -1.01. The van der Waals surface area contributed by atoms with Crippen LogP contribution in [0.15, 0.2) is 60.8 Å². The number of aliphatic hydroxyl groups is 4. The molecule has 344 valence electrons. The molecule has 0 aliphatic rings. The van der Waals surface area contributed by atoms with Crippen LogP contribution in [0.1, 0.15) is 239 Å². The lowest BCUT2D eigenvalue weighted by atomic mass is 10.00. The fourth-order valence-corrected chi connectivity index (χ4v) is 7.39. The van der Waals surface area contributed by atoms with Crippen LogP contribution in [0.3, 0.4) is 0 Å². The summed E-state index contributed by atoms with van der Waals surface area (Å²) in [7, 11) is 0. The van der Waals surface area contributed by atoms with E-state index in [1.807, 2.05) is 0 Å². The summed E-state index contributed by atoms with van der Waals surface area (Å²) < 4.78 is 0. The second-order valence-electron chi connectivity index (χ2n) is 17.1. The molecule has 6 nitrogen and oxygen atoms in total. The predicted molar refractivity (Wildman–Crippen MR) is 256 cm³/mol. The van der Waals surface area contributed by atoms with Gasteiger partial charge in [-0.15, -0.1) is 0 Å². The van der Waals surface area contributed by atoms with E-state index in [1.165, 1.54) is 148 Å². The summed E-state index contributed by atoms with van der Waals surface area (Å²) in [6.45, 7) is 3.99. The molecule has 0 aromatic heterocycles. The molecule has 0 heterocycles. The van der Waals surface area contributed by atoms with Gasteiger partial charge in [-0.1, -0.05) is 209 Å². The predicted octanol–water partition coefficient (Wildman–Crippen LogP) is 14.0. The van der Waals surface area contributed by atoms with Gasteiger partial charge in [0.25, 0.3) is 0 Å². The van der Waals surface area contributed by atoms with E-state index in [0.717, 1.165) is 57.8 Å². The first-order valence-corrected chi connectivity index (χ1v) is 25.2. The normalized spacial score (nSPS) is 14.5. The van der Waals surface area contributed by atoms with E-state index < -0.39 is 36.9 Å². The highest BCUT2D eigenvalue weighted by atomic mass is 16.3. The molecule has 1 amide bonds. The van der Waals surface area contributed by atoms with Gasteiger partial charge in [0.1, 0.15) is 12.2 Å². The van der Waals surface area contributed by atoms with Gasteiger partial charge in [-0.05, 0) is 89.9 Å². The molecule has 0 aliphatic heterocycles. The Hall–Kier alpha value is -1.99. The maximum absolute atomic E-state index is 12.5. The monoisotopic (exact) mass is 828 g/mol. The van der Waals surface area contributed by atoms with Crippen LogP contribution >= 0.6 is 0 Å². The van der Waals surface area contributed by atoms with Gasteiger partial charge in [-0.2, -0.15) is 0 Å². The molecule has 0 fully saturated rings. The van der Waals surface area contributed by atoms with Crippen molar-refractivity contribution in [2.75, 3.05) is 6.61 Å². The molecule has 0 bridgehead atoms. The van der Waals surface area contributed by atoms with E-state index in [1.54, 1.807) is 0 Å². The average molecular weight is 828 g/mol. The molecule has 0 saturated heterocycles. The van der Waals surface area contributed by atoms with E-state index in [0.29, 0.717) is 19.3 Å². The Balaban J connectivity index is 3.71. The van der Waals surface area contributed by atoms with Crippen LogP contribution in [-0.4, -0.2) is 57.3 Å². The molecule has 0 aliphatic carbocycles. The smallest absolute Gasteiger partial charge is 0.249 e. The fourth-order valence-electron chi connectivity index (χ4n) is 7.39. The molecule has 6 heteroatoms. The van der Waals surface area contributed by atoms with E-state index in [2.05, 4.69) is 79.9 Å². The molecular formula is C53H97NO5. The first-order chi connectivity index (χ1) is 29.0. The number of allylic oxidation sites excluding steroid dienone is 10. The Morgan fingerprint density at radius 1 is 0.424 bits per heavy atom. The molecule has 0 aromatic rings. The molecule has 4 atom stereocenters. The first-order valence-electron chi connectivity index (χ1n) is 25.2. The number of unbranched alkanes of at least 4 members (excludes halogenated alkanes) is 26.